The van der Waals surface area contributed by atoms with E-state index in [1.807, 2.05) is 13.8 Å². The van der Waals surface area contributed by atoms with Gasteiger partial charge in [-0.15, -0.1) is 0 Å². The molecule has 1 atom stereocenters. The number of nitrogens with one attached hydrogen (secondary N) is 1. The molecule has 1 aromatic rings. The van der Waals surface area contributed by atoms with Crippen LogP contribution in [-0.2, 0) is 20.9 Å². The van der Waals surface area contributed by atoms with Gasteiger partial charge in [0.1, 0.15) is 19.3 Å². The summed E-state index contributed by atoms with van der Waals surface area (Å²) in [6.45, 7) is 5.47. The number of rotatable bonds is 8. The maximum absolute atomic E-state index is 11.6. The Hall–Kier alpha value is -1.89. The number of aliphatic carboxylic acids is 1. The number of nitrogens with zero attached hydrogens (tertiary/aromatic N) is 1. The molecule has 0 bridgehead atoms. The second-order valence-electron chi connectivity index (χ2n) is 5.02. The van der Waals surface area contributed by atoms with Gasteiger partial charge in [0, 0.05) is 6.07 Å². The van der Waals surface area contributed by atoms with Gasteiger partial charge in [0.2, 0.25) is 5.91 Å². The highest BCUT2D eigenvalue weighted by Gasteiger charge is 2.20. The Morgan fingerprint density at radius 1 is 1.50 bits per heavy atom. The molecule has 112 valence electrons. The van der Waals surface area contributed by atoms with Crippen LogP contribution in [0.5, 0.6) is 0 Å². The van der Waals surface area contributed by atoms with Crippen molar-refractivity contribution in [3.8, 4) is 0 Å². The van der Waals surface area contributed by atoms with Crippen LogP contribution < -0.4 is 5.32 Å². The van der Waals surface area contributed by atoms with Gasteiger partial charge in [-0.2, -0.15) is 0 Å². The van der Waals surface area contributed by atoms with Crippen LogP contribution in [0.1, 0.15) is 31.7 Å². The van der Waals surface area contributed by atoms with Crippen LogP contribution in [0.15, 0.2) is 10.6 Å². The molecule has 0 aliphatic rings. The SMILES string of the molecule is Cc1cc(COCC(=O)NC(CC(C)C)C(=O)O)on1. The number of ether oxygens (including phenoxy) is 1. The van der Waals surface area contributed by atoms with E-state index >= 15 is 0 Å². The topological polar surface area (TPSA) is 102 Å². The number of carbonyl (C=O) groups excluding carboxylic acids is 1. The maximum atomic E-state index is 11.6. The van der Waals surface area contributed by atoms with E-state index in [0.717, 1.165) is 5.69 Å². The van der Waals surface area contributed by atoms with Crippen molar-refractivity contribution in [1.82, 2.24) is 10.5 Å². The minimum atomic E-state index is -1.04. The fraction of sp³-hybridized carbons (Fsp3) is 0.615. The first-order chi connectivity index (χ1) is 9.38. The van der Waals surface area contributed by atoms with Gasteiger partial charge in [0.15, 0.2) is 5.76 Å². The summed E-state index contributed by atoms with van der Waals surface area (Å²) >= 11 is 0. The monoisotopic (exact) mass is 284 g/mol. The summed E-state index contributed by atoms with van der Waals surface area (Å²) in [6.07, 6.45) is 0.377. The standard InChI is InChI=1S/C13H20N2O5/c1-8(2)4-11(13(17)18)14-12(16)7-19-6-10-5-9(3)15-20-10/h5,8,11H,4,6-7H2,1-3H3,(H,14,16)(H,17,18). The van der Waals surface area contributed by atoms with Gasteiger partial charge < -0.3 is 19.7 Å². The average Bonchev–Trinajstić information content (AvgIpc) is 2.73. The molecule has 7 heteroatoms. The predicted molar refractivity (Wildman–Crippen MR) is 69.9 cm³/mol. The van der Waals surface area contributed by atoms with Crippen molar-refractivity contribution in [2.24, 2.45) is 5.92 Å². The van der Waals surface area contributed by atoms with Crippen LogP contribution in [0.25, 0.3) is 0 Å². The zero-order valence-electron chi connectivity index (χ0n) is 11.9. The highest BCUT2D eigenvalue weighted by Crippen LogP contribution is 2.06. The molecular formula is C13H20N2O5. The van der Waals surface area contributed by atoms with Crippen LogP contribution >= 0.6 is 0 Å². The maximum Gasteiger partial charge on any atom is 0.326 e. The van der Waals surface area contributed by atoms with Crippen LogP contribution in [-0.4, -0.2) is 34.8 Å². The third-order valence-electron chi connectivity index (χ3n) is 2.49. The summed E-state index contributed by atoms with van der Waals surface area (Å²) in [4.78, 5) is 22.6. The van der Waals surface area contributed by atoms with Gasteiger partial charge in [0.25, 0.3) is 0 Å². The molecule has 0 radical (unpaired) electrons. The molecule has 7 nitrogen and oxygen atoms in total. The van der Waals surface area contributed by atoms with E-state index in [9.17, 15) is 9.59 Å². The van der Waals surface area contributed by atoms with Crippen molar-refractivity contribution in [3.63, 3.8) is 0 Å². The van der Waals surface area contributed by atoms with Gasteiger partial charge in [0.05, 0.1) is 5.69 Å². The third kappa shape index (κ3) is 5.83. The number of aromatic nitrogens is 1. The third-order valence-corrected chi connectivity index (χ3v) is 2.49. The van der Waals surface area contributed by atoms with Crippen molar-refractivity contribution in [2.75, 3.05) is 6.61 Å². The number of carboxylic acids is 1. The smallest absolute Gasteiger partial charge is 0.326 e. The number of amides is 1. The lowest BCUT2D eigenvalue weighted by Crippen LogP contribution is -2.43. The molecule has 1 aromatic heterocycles. The first-order valence-corrected chi connectivity index (χ1v) is 6.40. The molecule has 20 heavy (non-hydrogen) atoms. The number of hydrogen-bond acceptors (Lipinski definition) is 5. The van der Waals surface area contributed by atoms with Crippen LogP contribution in [0, 0.1) is 12.8 Å². The summed E-state index contributed by atoms with van der Waals surface area (Å²) < 4.78 is 10.1. The minimum absolute atomic E-state index is 0.121. The molecular weight excluding hydrogens is 264 g/mol. The molecule has 1 rings (SSSR count). The van der Waals surface area contributed by atoms with E-state index < -0.39 is 17.9 Å². The first-order valence-electron chi connectivity index (χ1n) is 6.40. The van der Waals surface area contributed by atoms with Crippen molar-refractivity contribution in [3.05, 3.63) is 17.5 Å². The number of hydrogen-bond donors (Lipinski definition) is 2. The van der Waals surface area contributed by atoms with Gasteiger partial charge in [-0.05, 0) is 19.3 Å². The lowest BCUT2D eigenvalue weighted by atomic mass is 10.0. The zero-order valence-corrected chi connectivity index (χ0v) is 11.9. The van der Waals surface area contributed by atoms with Crippen LogP contribution in [0.3, 0.4) is 0 Å². The van der Waals surface area contributed by atoms with Crippen molar-refractivity contribution in [1.29, 1.82) is 0 Å². The number of carbonyl (C=O) groups is 2. The molecule has 0 saturated heterocycles. The average molecular weight is 284 g/mol. The lowest BCUT2D eigenvalue weighted by Gasteiger charge is -2.16. The lowest BCUT2D eigenvalue weighted by molar-refractivity contribution is -0.143. The van der Waals surface area contributed by atoms with Crippen LogP contribution in [0.4, 0.5) is 0 Å². The molecule has 0 fully saturated rings. The molecule has 0 spiro atoms. The van der Waals surface area contributed by atoms with E-state index in [4.69, 9.17) is 14.4 Å². The van der Waals surface area contributed by atoms with Gasteiger partial charge in [-0.25, -0.2) is 4.79 Å². The van der Waals surface area contributed by atoms with E-state index in [1.165, 1.54) is 0 Å². The van der Waals surface area contributed by atoms with Gasteiger partial charge >= 0.3 is 5.97 Å². The van der Waals surface area contributed by atoms with E-state index in [0.29, 0.717) is 12.2 Å². The Labute approximate surface area is 117 Å². The summed E-state index contributed by atoms with van der Waals surface area (Å²) in [5.74, 6) is -0.811. The molecule has 2 N–H and O–H groups in total. The highest BCUT2D eigenvalue weighted by atomic mass is 16.5. The Bertz CT molecular complexity index is 455. The van der Waals surface area contributed by atoms with E-state index in [1.54, 1.807) is 13.0 Å². The quantitative estimate of drug-likeness (QED) is 0.741. The minimum Gasteiger partial charge on any atom is -0.480 e. The fourth-order valence-corrected chi connectivity index (χ4v) is 1.66. The first kappa shape index (κ1) is 16.2. The molecule has 0 aliphatic heterocycles. The highest BCUT2D eigenvalue weighted by molar-refractivity contribution is 5.84. The second kappa shape index (κ2) is 7.64. The Morgan fingerprint density at radius 2 is 2.20 bits per heavy atom. The molecule has 1 amide bonds. The van der Waals surface area contributed by atoms with Crippen molar-refractivity contribution < 1.29 is 24.0 Å². The largest absolute Gasteiger partial charge is 0.480 e. The number of carboxylic acid groups (broad SMARTS) is 1. The Kier molecular flexibility index (Phi) is 6.17. The van der Waals surface area contributed by atoms with Crippen LogP contribution in [0.2, 0.25) is 0 Å². The fourth-order valence-electron chi connectivity index (χ4n) is 1.66. The Balaban J connectivity index is 2.32. The summed E-state index contributed by atoms with van der Waals surface area (Å²) in [7, 11) is 0. The number of aryl methyl sites for hydroxylation is 1. The van der Waals surface area contributed by atoms with Crippen molar-refractivity contribution in [2.45, 2.75) is 39.8 Å². The molecule has 0 aromatic carbocycles. The zero-order chi connectivity index (χ0) is 15.1. The predicted octanol–water partition coefficient (Wildman–Crippen LogP) is 1.12. The van der Waals surface area contributed by atoms with E-state index in [2.05, 4.69) is 10.5 Å². The molecule has 0 aliphatic carbocycles. The van der Waals surface area contributed by atoms with E-state index in [-0.39, 0.29) is 19.1 Å². The summed E-state index contributed by atoms with van der Waals surface area (Å²) in [5, 5.41) is 15.1. The van der Waals surface area contributed by atoms with Crippen molar-refractivity contribution >= 4 is 11.9 Å². The Morgan fingerprint density at radius 3 is 2.70 bits per heavy atom. The van der Waals surface area contributed by atoms with Gasteiger partial charge in [-0.3, -0.25) is 4.79 Å². The normalized spacial score (nSPS) is 12.4. The summed E-state index contributed by atoms with van der Waals surface area (Å²) in [5.41, 5.74) is 0.732. The van der Waals surface area contributed by atoms with Gasteiger partial charge in [-0.1, -0.05) is 19.0 Å². The molecule has 0 saturated carbocycles. The summed E-state index contributed by atoms with van der Waals surface area (Å²) in [6, 6.07) is 0.815. The molecule has 1 heterocycles. The molecule has 1 unspecified atom stereocenters. The second-order valence-corrected chi connectivity index (χ2v) is 5.02.